The molecule has 0 spiro atoms. The smallest absolute Gasteiger partial charge is 0.255 e. The van der Waals surface area contributed by atoms with Crippen LogP contribution in [0.4, 0.5) is 11.4 Å². The molecule has 0 aliphatic heterocycles. The highest BCUT2D eigenvalue weighted by Gasteiger charge is 2.10. The maximum absolute atomic E-state index is 12.4. The fourth-order valence-corrected chi connectivity index (χ4v) is 3.72. The Morgan fingerprint density at radius 2 is 1.71 bits per heavy atom. The largest absolute Gasteiger partial charge is 0.322 e. The minimum Gasteiger partial charge on any atom is -0.322 e. The van der Waals surface area contributed by atoms with Gasteiger partial charge >= 0.3 is 0 Å². The second-order valence-corrected chi connectivity index (χ2v) is 8.08. The normalized spacial score (nSPS) is 11.2. The Morgan fingerprint density at radius 3 is 2.32 bits per heavy atom. The van der Waals surface area contributed by atoms with Crippen molar-refractivity contribution in [3.8, 4) is 0 Å². The monoisotopic (exact) mass is 399 g/mol. The molecule has 9 heteroatoms. The molecule has 0 saturated heterocycles. The van der Waals surface area contributed by atoms with Gasteiger partial charge in [-0.25, -0.2) is 18.1 Å². The molecule has 3 aromatic rings. The standard InChI is InChI=1S/C19H21N5O3S/c1-2-11-28(26,27)23-18-9-7-17(8-10-18)22-19(25)16-5-3-15(4-6-16)12-24-14-20-13-21-24/h3-10,13-14,23H,2,11-12H2,1H3,(H,22,25). The summed E-state index contributed by atoms with van der Waals surface area (Å²) < 4.78 is 27.8. The summed E-state index contributed by atoms with van der Waals surface area (Å²) in [4.78, 5) is 16.3. The van der Waals surface area contributed by atoms with Gasteiger partial charge in [0, 0.05) is 16.9 Å². The maximum Gasteiger partial charge on any atom is 0.255 e. The van der Waals surface area contributed by atoms with Crippen LogP contribution in [0.1, 0.15) is 29.3 Å². The number of nitrogens with one attached hydrogen (secondary N) is 2. The Morgan fingerprint density at radius 1 is 1.04 bits per heavy atom. The minimum atomic E-state index is -3.33. The molecule has 28 heavy (non-hydrogen) atoms. The number of hydrogen-bond acceptors (Lipinski definition) is 5. The molecular weight excluding hydrogens is 378 g/mol. The summed E-state index contributed by atoms with van der Waals surface area (Å²) in [7, 11) is -3.33. The Hall–Kier alpha value is -3.20. The van der Waals surface area contributed by atoms with E-state index in [9.17, 15) is 13.2 Å². The van der Waals surface area contributed by atoms with Gasteiger partial charge in [-0.3, -0.25) is 9.52 Å². The lowest BCUT2D eigenvalue weighted by Crippen LogP contribution is -2.16. The van der Waals surface area contributed by atoms with Gasteiger partial charge in [-0.05, 0) is 48.4 Å². The van der Waals surface area contributed by atoms with Crippen LogP contribution in [0.15, 0.2) is 61.2 Å². The maximum atomic E-state index is 12.4. The lowest BCUT2D eigenvalue weighted by Gasteiger charge is -2.09. The quantitative estimate of drug-likeness (QED) is 0.606. The second-order valence-electron chi connectivity index (χ2n) is 6.24. The van der Waals surface area contributed by atoms with E-state index in [-0.39, 0.29) is 11.7 Å². The van der Waals surface area contributed by atoms with E-state index in [1.54, 1.807) is 54.3 Å². The van der Waals surface area contributed by atoms with Gasteiger partial charge in [-0.2, -0.15) is 5.10 Å². The van der Waals surface area contributed by atoms with E-state index < -0.39 is 10.0 Å². The van der Waals surface area contributed by atoms with Crippen LogP contribution in [0.2, 0.25) is 0 Å². The van der Waals surface area contributed by atoms with E-state index in [0.717, 1.165) is 5.56 Å². The summed E-state index contributed by atoms with van der Waals surface area (Å²) in [5, 5.41) is 6.84. The summed E-state index contributed by atoms with van der Waals surface area (Å²) in [5.74, 6) is -0.176. The third-order valence-corrected chi connectivity index (χ3v) is 5.41. The van der Waals surface area contributed by atoms with Crippen molar-refractivity contribution in [3.63, 3.8) is 0 Å². The number of nitrogens with zero attached hydrogens (tertiary/aromatic N) is 3. The van der Waals surface area contributed by atoms with Crippen molar-refractivity contribution in [1.29, 1.82) is 0 Å². The molecular formula is C19H21N5O3S. The van der Waals surface area contributed by atoms with Crippen molar-refractivity contribution < 1.29 is 13.2 Å². The Bertz CT molecular complexity index is 1010. The fourth-order valence-electron chi connectivity index (χ4n) is 2.59. The van der Waals surface area contributed by atoms with Gasteiger partial charge in [-0.1, -0.05) is 19.1 Å². The van der Waals surface area contributed by atoms with E-state index in [0.29, 0.717) is 29.9 Å². The summed E-state index contributed by atoms with van der Waals surface area (Å²) in [6.07, 6.45) is 3.65. The zero-order valence-corrected chi connectivity index (χ0v) is 16.2. The summed E-state index contributed by atoms with van der Waals surface area (Å²) in [6, 6.07) is 13.8. The van der Waals surface area contributed by atoms with Crippen LogP contribution in [-0.2, 0) is 16.6 Å². The lowest BCUT2D eigenvalue weighted by atomic mass is 10.1. The fraction of sp³-hybridized carbons (Fsp3) is 0.211. The molecule has 3 rings (SSSR count). The number of anilines is 2. The molecule has 0 aliphatic rings. The third-order valence-electron chi connectivity index (χ3n) is 3.92. The van der Waals surface area contributed by atoms with Crippen LogP contribution in [-0.4, -0.2) is 34.8 Å². The van der Waals surface area contributed by atoms with Crippen molar-refractivity contribution >= 4 is 27.3 Å². The summed E-state index contributed by atoms with van der Waals surface area (Å²) >= 11 is 0. The highest BCUT2D eigenvalue weighted by molar-refractivity contribution is 7.92. The molecule has 2 aromatic carbocycles. The minimum absolute atomic E-state index is 0.0678. The van der Waals surface area contributed by atoms with E-state index in [4.69, 9.17) is 0 Å². The molecule has 8 nitrogen and oxygen atoms in total. The van der Waals surface area contributed by atoms with Crippen LogP contribution in [0.3, 0.4) is 0 Å². The zero-order chi connectivity index (χ0) is 20.0. The van der Waals surface area contributed by atoms with Gasteiger partial charge in [0.25, 0.3) is 5.91 Å². The van der Waals surface area contributed by atoms with Gasteiger partial charge in [0.2, 0.25) is 10.0 Å². The van der Waals surface area contributed by atoms with Gasteiger partial charge in [0.1, 0.15) is 12.7 Å². The predicted molar refractivity (Wildman–Crippen MR) is 108 cm³/mol. The molecule has 0 atom stereocenters. The van der Waals surface area contributed by atoms with Crippen molar-refractivity contribution in [2.75, 3.05) is 15.8 Å². The van der Waals surface area contributed by atoms with Crippen LogP contribution >= 0.6 is 0 Å². The number of hydrogen-bond donors (Lipinski definition) is 2. The average molecular weight is 399 g/mol. The predicted octanol–water partition coefficient (Wildman–Crippen LogP) is 2.73. The molecule has 0 saturated carbocycles. The molecule has 0 fully saturated rings. The molecule has 1 heterocycles. The summed E-state index contributed by atoms with van der Waals surface area (Å²) in [5.41, 5.74) is 2.57. The van der Waals surface area contributed by atoms with E-state index in [2.05, 4.69) is 20.1 Å². The Kier molecular flexibility index (Phi) is 6.05. The first-order valence-corrected chi connectivity index (χ1v) is 10.4. The van der Waals surface area contributed by atoms with Crippen molar-refractivity contribution in [1.82, 2.24) is 14.8 Å². The van der Waals surface area contributed by atoms with Crippen molar-refractivity contribution in [2.24, 2.45) is 0 Å². The van der Waals surface area contributed by atoms with E-state index >= 15 is 0 Å². The van der Waals surface area contributed by atoms with Crippen LogP contribution < -0.4 is 10.0 Å². The molecule has 1 amide bonds. The third kappa shape index (κ3) is 5.40. The number of carbonyl (C=O) groups excluding carboxylic acids is 1. The molecule has 0 aliphatic carbocycles. The van der Waals surface area contributed by atoms with Gasteiger partial charge < -0.3 is 5.32 Å². The zero-order valence-electron chi connectivity index (χ0n) is 15.4. The SMILES string of the molecule is CCCS(=O)(=O)Nc1ccc(NC(=O)c2ccc(Cn3cncn3)cc2)cc1. The van der Waals surface area contributed by atoms with Crippen LogP contribution in [0, 0.1) is 0 Å². The number of rotatable bonds is 8. The highest BCUT2D eigenvalue weighted by Crippen LogP contribution is 2.16. The topological polar surface area (TPSA) is 106 Å². The molecule has 0 unspecified atom stereocenters. The number of sulfonamides is 1. The van der Waals surface area contributed by atoms with Crippen molar-refractivity contribution in [2.45, 2.75) is 19.9 Å². The van der Waals surface area contributed by atoms with Crippen molar-refractivity contribution in [3.05, 3.63) is 72.3 Å². The number of carbonyl (C=O) groups is 1. The van der Waals surface area contributed by atoms with E-state index in [1.807, 2.05) is 12.1 Å². The molecule has 0 radical (unpaired) electrons. The van der Waals surface area contributed by atoms with E-state index in [1.165, 1.54) is 6.33 Å². The first-order valence-electron chi connectivity index (χ1n) is 8.78. The van der Waals surface area contributed by atoms with Crippen LogP contribution in [0.5, 0.6) is 0 Å². The second kappa shape index (κ2) is 8.66. The number of amides is 1. The lowest BCUT2D eigenvalue weighted by molar-refractivity contribution is 0.102. The van der Waals surface area contributed by atoms with Gasteiger partial charge in [0.05, 0.1) is 12.3 Å². The van der Waals surface area contributed by atoms with Gasteiger partial charge in [0.15, 0.2) is 0 Å². The molecule has 2 N–H and O–H groups in total. The molecule has 0 bridgehead atoms. The van der Waals surface area contributed by atoms with Crippen LogP contribution in [0.25, 0.3) is 0 Å². The summed E-state index contributed by atoms with van der Waals surface area (Å²) in [6.45, 7) is 2.39. The Labute approximate surface area is 163 Å². The Balaban J connectivity index is 1.59. The average Bonchev–Trinajstić information content (AvgIpc) is 3.16. The molecule has 146 valence electrons. The molecule has 1 aromatic heterocycles. The number of benzene rings is 2. The first kappa shape index (κ1) is 19.6. The van der Waals surface area contributed by atoms with Gasteiger partial charge in [-0.15, -0.1) is 0 Å². The number of aromatic nitrogens is 3. The highest BCUT2D eigenvalue weighted by atomic mass is 32.2. The first-order chi connectivity index (χ1) is 13.4.